The lowest BCUT2D eigenvalue weighted by Crippen LogP contribution is -2.33. The third-order valence-electron chi connectivity index (χ3n) is 3.39. The molecule has 0 unspecified atom stereocenters. The van der Waals surface area contributed by atoms with Crippen LogP contribution in [0.25, 0.3) is 11.0 Å². The lowest BCUT2D eigenvalue weighted by molar-refractivity contribution is -0.0508. The molecular weight excluding hydrogens is 266 g/mol. The summed E-state index contributed by atoms with van der Waals surface area (Å²) < 4.78 is 6.90. The predicted molar refractivity (Wildman–Crippen MR) is 69.4 cm³/mol. The van der Waals surface area contributed by atoms with Gasteiger partial charge in [0.25, 0.3) is 0 Å². The third-order valence-corrected chi connectivity index (χ3v) is 3.39. The van der Waals surface area contributed by atoms with Crippen molar-refractivity contribution in [3.05, 3.63) is 12.4 Å². The molecule has 3 rings (SSSR count). The highest BCUT2D eigenvalue weighted by molar-refractivity contribution is 5.87. The molecule has 0 radical (unpaired) electrons. The molecule has 1 fully saturated rings. The fraction of sp³-hybridized carbons (Fsp3) is 0.455. The minimum absolute atomic E-state index is 0.148. The zero-order valence-corrected chi connectivity index (χ0v) is 10.4. The molecule has 2 aromatic heterocycles. The summed E-state index contributed by atoms with van der Waals surface area (Å²) in [6, 6.07) is 1.55. The van der Waals surface area contributed by atoms with Gasteiger partial charge in [0, 0.05) is 6.07 Å². The van der Waals surface area contributed by atoms with Gasteiger partial charge >= 0.3 is 0 Å². The van der Waals surface area contributed by atoms with Crippen LogP contribution in [-0.4, -0.2) is 54.8 Å². The second-order valence-corrected chi connectivity index (χ2v) is 4.68. The minimum Gasteiger partial charge on any atom is -0.394 e. The Balaban J connectivity index is 2.07. The minimum atomic E-state index is -1.21. The average molecular weight is 281 g/mol. The Morgan fingerprint density at radius 2 is 2.05 bits per heavy atom. The van der Waals surface area contributed by atoms with Gasteiger partial charge in [-0.25, -0.2) is 9.97 Å². The monoisotopic (exact) mass is 281 g/mol. The Labute approximate surface area is 113 Å². The first kappa shape index (κ1) is 13.1. The molecule has 9 nitrogen and oxygen atoms in total. The highest BCUT2D eigenvalue weighted by atomic mass is 16.6. The number of fused-ring (bicyclic) bond motifs is 1. The fourth-order valence-electron chi connectivity index (χ4n) is 2.41. The molecular formula is C11H15N5O4. The molecule has 20 heavy (non-hydrogen) atoms. The van der Waals surface area contributed by atoms with E-state index >= 15 is 0 Å². The molecule has 0 aromatic carbocycles. The number of hydrogen-bond acceptors (Lipinski definition) is 8. The molecule has 108 valence electrons. The van der Waals surface area contributed by atoms with Crippen LogP contribution in [-0.2, 0) is 4.74 Å². The number of ether oxygens (including phenoxy) is 1. The molecule has 4 atom stereocenters. The maximum absolute atomic E-state index is 10.0. The molecule has 1 aliphatic rings. The van der Waals surface area contributed by atoms with Gasteiger partial charge in [0.2, 0.25) is 0 Å². The molecule has 2 aromatic rings. The molecule has 0 spiro atoms. The summed E-state index contributed by atoms with van der Waals surface area (Å²) >= 11 is 0. The van der Waals surface area contributed by atoms with E-state index in [1.54, 1.807) is 6.07 Å². The maximum atomic E-state index is 10.0. The van der Waals surface area contributed by atoms with Crippen LogP contribution in [0.3, 0.4) is 0 Å². The molecule has 0 aliphatic carbocycles. The molecule has 1 saturated heterocycles. The topological polar surface area (TPSA) is 153 Å². The summed E-state index contributed by atoms with van der Waals surface area (Å²) in [6.45, 7) is -0.401. The third kappa shape index (κ3) is 1.79. The smallest absolute Gasteiger partial charge is 0.164 e. The van der Waals surface area contributed by atoms with Crippen molar-refractivity contribution in [3.63, 3.8) is 0 Å². The molecule has 7 N–H and O–H groups in total. The Kier molecular flexibility index (Phi) is 2.98. The standard InChI is InChI=1S/C11H15N5O4/c12-6-1-4-7(10(13)15-6)16(3-14-4)11-9(19)8(18)5(2-17)20-11/h1,3,5,8-9,11,17-19H,2H2,(H4,12,13,15)/t5-,8-,9+,11-/m1/s1. The highest BCUT2D eigenvalue weighted by Crippen LogP contribution is 2.33. The van der Waals surface area contributed by atoms with E-state index in [0.29, 0.717) is 11.0 Å². The molecule has 0 bridgehead atoms. The van der Waals surface area contributed by atoms with E-state index in [4.69, 9.17) is 21.3 Å². The molecule has 3 heterocycles. The molecule has 9 heteroatoms. The number of imidazole rings is 1. The second kappa shape index (κ2) is 4.56. The summed E-state index contributed by atoms with van der Waals surface area (Å²) in [4.78, 5) is 8.06. The van der Waals surface area contributed by atoms with Crippen molar-refractivity contribution in [3.8, 4) is 0 Å². The Morgan fingerprint density at radius 3 is 2.70 bits per heavy atom. The second-order valence-electron chi connectivity index (χ2n) is 4.68. The van der Waals surface area contributed by atoms with Crippen LogP contribution in [0, 0.1) is 0 Å². The van der Waals surface area contributed by atoms with Crippen LogP contribution < -0.4 is 11.5 Å². The van der Waals surface area contributed by atoms with Gasteiger partial charge in [-0.15, -0.1) is 0 Å². The van der Waals surface area contributed by atoms with Crippen molar-refractivity contribution in [2.75, 3.05) is 18.1 Å². The summed E-state index contributed by atoms with van der Waals surface area (Å²) in [6.07, 6.45) is -2.75. The quantitative estimate of drug-likeness (QED) is 0.432. The first-order chi connectivity index (χ1) is 9.52. The van der Waals surface area contributed by atoms with E-state index in [-0.39, 0.29) is 11.6 Å². The highest BCUT2D eigenvalue weighted by Gasteiger charge is 2.43. The zero-order chi connectivity index (χ0) is 14.4. The summed E-state index contributed by atoms with van der Waals surface area (Å²) in [5.41, 5.74) is 12.4. The van der Waals surface area contributed by atoms with Crippen LogP contribution in [0.2, 0.25) is 0 Å². The number of nitrogens with zero attached hydrogens (tertiary/aromatic N) is 3. The van der Waals surface area contributed by atoms with Crippen molar-refractivity contribution in [1.29, 1.82) is 0 Å². The van der Waals surface area contributed by atoms with E-state index < -0.39 is 31.1 Å². The number of aromatic nitrogens is 3. The van der Waals surface area contributed by atoms with Crippen LogP contribution in [0.4, 0.5) is 11.6 Å². The number of aliphatic hydroxyl groups excluding tert-OH is 3. The van der Waals surface area contributed by atoms with Crippen molar-refractivity contribution in [2.24, 2.45) is 0 Å². The Morgan fingerprint density at radius 1 is 1.30 bits per heavy atom. The molecule has 0 saturated carbocycles. The fourth-order valence-corrected chi connectivity index (χ4v) is 2.41. The number of pyridine rings is 1. The largest absolute Gasteiger partial charge is 0.394 e. The predicted octanol–water partition coefficient (Wildman–Crippen LogP) is -1.79. The van der Waals surface area contributed by atoms with Gasteiger partial charge in [0.05, 0.1) is 18.5 Å². The summed E-state index contributed by atoms with van der Waals surface area (Å²) in [5.74, 6) is 0.386. The van der Waals surface area contributed by atoms with Gasteiger partial charge in [-0.3, -0.25) is 4.57 Å². The van der Waals surface area contributed by atoms with Crippen LogP contribution in [0.15, 0.2) is 12.4 Å². The number of anilines is 2. The Hall–Kier alpha value is -1.94. The summed E-state index contributed by atoms with van der Waals surface area (Å²) in [5, 5.41) is 28.9. The first-order valence-electron chi connectivity index (χ1n) is 6.04. The molecule has 1 aliphatic heterocycles. The lowest BCUT2D eigenvalue weighted by Gasteiger charge is -2.17. The summed E-state index contributed by atoms with van der Waals surface area (Å²) in [7, 11) is 0. The van der Waals surface area contributed by atoms with E-state index in [1.165, 1.54) is 10.9 Å². The maximum Gasteiger partial charge on any atom is 0.164 e. The van der Waals surface area contributed by atoms with Crippen LogP contribution in [0.1, 0.15) is 6.23 Å². The van der Waals surface area contributed by atoms with E-state index in [9.17, 15) is 10.2 Å². The van der Waals surface area contributed by atoms with Crippen LogP contribution >= 0.6 is 0 Å². The average Bonchev–Trinajstić information content (AvgIpc) is 2.93. The van der Waals surface area contributed by atoms with Crippen molar-refractivity contribution < 1.29 is 20.1 Å². The van der Waals surface area contributed by atoms with Gasteiger partial charge in [0.1, 0.15) is 29.6 Å². The van der Waals surface area contributed by atoms with Gasteiger partial charge in [-0.05, 0) is 0 Å². The van der Waals surface area contributed by atoms with Crippen molar-refractivity contribution >= 4 is 22.7 Å². The lowest BCUT2D eigenvalue weighted by atomic mass is 10.1. The van der Waals surface area contributed by atoms with Gasteiger partial charge in [-0.1, -0.05) is 0 Å². The SMILES string of the molecule is Nc1cc2ncn([C@@H]3O[C@H](CO)[C@@H](O)[C@@H]3O)c2c(N)n1. The normalized spacial score (nSPS) is 30.1. The number of aliphatic hydroxyl groups is 3. The van der Waals surface area contributed by atoms with E-state index in [2.05, 4.69) is 9.97 Å². The number of nitrogens with two attached hydrogens (primary N) is 2. The van der Waals surface area contributed by atoms with Gasteiger partial charge in [0.15, 0.2) is 12.0 Å². The molecule has 0 amide bonds. The van der Waals surface area contributed by atoms with E-state index in [0.717, 1.165) is 0 Å². The van der Waals surface area contributed by atoms with Gasteiger partial charge in [-0.2, -0.15) is 0 Å². The number of hydrogen-bond donors (Lipinski definition) is 5. The number of nitrogen functional groups attached to an aromatic ring is 2. The van der Waals surface area contributed by atoms with Crippen molar-refractivity contribution in [1.82, 2.24) is 14.5 Å². The zero-order valence-electron chi connectivity index (χ0n) is 10.4. The first-order valence-corrected chi connectivity index (χ1v) is 6.04. The van der Waals surface area contributed by atoms with E-state index in [1.807, 2.05) is 0 Å². The Bertz CT molecular complexity index is 645. The van der Waals surface area contributed by atoms with Gasteiger partial charge < -0.3 is 31.5 Å². The van der Waals surface area contributed by atoms with Crippen molar-refractivity contribution in [2.45, 2.75) is 24.5 Å². The number of rotatable bonds is 2. The van der Waals surface area contributed by atoms with Crippen LogP contribution in [0.5, 0.6) is 0 Å².